The van der Waals surface area contributed by atoms with Gasteiger partial charge in [0.25, 0.3) is 11.8 Å². The predicted molar refractivity (Wildman–Crippen MR) is 107 cm³/mol. The Hall–Kier alpha value is -2.81. The molecule has 0 aliphatic carbocycles. The summed E-state index contributed by atoms with van der Waals surface area (Å²) in [5, 5.41) is 15.2. The molecule has 158 valence electrons. The number of carbonyl (C=O) groups is 2. The largest absolute Gasteiger partial charge is 0.348 e. The zero-order chi connectivity index (χ0) is 21.4. The van der Waals surface area contributed by atoms with E-state index in [1.165, 1.54) is 12.3 Å². The number of aromatic amines is 1. The number of piperidine rings is 1. The molecule has 1 saturated heterocycles. The van der Waals surface area contributed by atoms with Crippen LogP contribution in [0, 0.1) is 11.6 Å². The molecule has 2 heterocycles. The molecular formula is C20H27F2N5O2. The topological polar surface area (TPSA) is 98.9 Å². The maximum absolute atomic E-state index is 13.8. The number of rotatable bonds is 4. The van der Waals surface area contributed by atoms with E-state index in [1.807, 2.05) is 0 Å². The van der Waals surface area contributed by atoms with Crippen LogP contribution in [-0.2, 0) is 0 Å². The molecule has 2 amide bonds. The second kappa shape index (κ2) is 7.55. The van der Waals surface area contributed by atoms with Gasteiger partial charge in [0, 0.05) is 18.5 Å². The molecule has 29 heavy (non-hydrogen) atoms. The van der Waals surface area contributed by atoms with Gasteiger partial charge in [-0.2, -0.15) is 5.10 Å². The summed E-state index contributed by atoms with van der Waals surface area (Å²) in [4.78, 5) is 25.1. The van der Waals surface area contributed by atoms with Gasteiger partial charge in [0.15, 0.2) is 0 Å². The molecule has 2 aromatic rings. The fourth-order valence-corrected chi connectivity index (χ4v) is 4.14. The van der Waals surface area contributed by atoms with Crippen molar-refractivity contribution in [2.24, 2.45) is 0 Å². The van der Waals surface area contributed by atoms with Gasteiger partial charge in [0.1, 0.15) is 22.9 Å². The minimum Gasteiger partial charge on any atom is -0.348 e. The van der Waals surface area contributed by atoms with Gasteiger partial charge in [0.05, 0.1) is 11.9 Å². The third kappa shape index (κ3) is 4.79. The lowest BCUT2D eigenvalue weighted by Gasteiger charge is -2.46. The minimum absolute atomic E-state index is 0. The first-order valence-corrected chi connectivity index (χ1v) is 9.36. The predicted octanol–water partition coefficient (Wildman–Crippen LogP) is 3.23. The van der Waals surface area contributed by atoms with Gasteiger partial charge in [-0.05, 0) is 52.7 Å². The third-order valence-electron chi connectivity index (χ3n) is 4.83. The highest BCUT2D eigenvalue weighted by atomic mass is 19.1. The van der Waals surface area contributed by atoms with Crippen LogP contribution < -0.4 is 16.0 Å². The van der Waals surface area contributed by atoms with Crippen molar-refractivity contribution in [1.82, 2.24) is 20.8 Å². The first-order chi connectivity index (χ1) is 13.5. The lowest BCUT2D eigenvalue weighted by atomic mass is 9.79. The normalized spacial score (nSPS) is 18.3. The zero-order valence-corrected chi connectivity index (χ0v) is 16.8. The van der Waals surface area contributed by atoms with Crippen LogP contribution in [0.1, 0.15) is 62.8 Å². The van der Waals surface area contributed by atoms with Gasteiger partial charge < -0.3 is 16.0 Å². The monoisotopic (exact) mass is 407 g/mol. The van der Waals surface area contributed by atoms with Gasteiger partial charge >= 0.3 is 0 Å². The van der Waals surface area contributed by atoms with E-state index in [4.69, 9.17) is 0 Å². The van der Waals surface area contributed by atoms with Gasteiger partial charge in [-0.3, -0.25) is 14.7 Å². The molecule has 0 unspecified atom stereocenters. The van der Waals surface area contributed by atoms with Crippen molar-refractivity contribution in [3.8, 4) is 0 Å². The van der Waals surface area contributed by atoms with Crippen molar-refractivity contribution in [2.75, 3.05) is 5.32 Å². The third-order valence-corrected chi connectivity index (χ3v) is 4.83. The SMILES string of the molecule is CC1(C)CC(NC(=O)c2[nH]ncc2NC(=O)c2c(F)cccc2F)CC(C)(C)N1.[HH]. The van der Waals surface area contributed by atoms with Crippen LogP contribution >= 0.6 is 0 Å². The number of anilines is 1. The molecule has 3 rings (SSSR count). The van der Waals surface area contributed by atoms with Crippen molar-refractivity contribution in [2.45, 2.75) is 57.7 Å². The van der Waals surface area contributed by atoms with E-state index in [9.17, 15) is 18.4 Å². The Morgan fingerprint density at radius 3 is 2.28 bits per heavy atom. The highest BCUT2D eigenvalue weighted by Gasteiger charge is 2.38. The Kier molecular flexibility index (Phi) is 5.44. The van der Waals surface area contributed by atoms with Crippen molar-refractivity contribution in [3.05, 3.63) is 47.3 Å². The molecule has 1 fully saturated rings. The Morgan fingerprint density at radius 2 is 1.69 bits per heavy atom. The Labute approximate surface area is 169 Å². The average molecular weight is 407 g/mol. The van der Waals surface area contributed by atoms with E-state index in [0.29, 0.717) is 0 Å². The number of H-pyrrole nitrogens is 1. The van der Waals surface area contributed by atoms with E-state index in [2.05, 4.69) is 53.8 Å². The molecular weight excluding hydrogens is 380 g/mol. The second-order valence-electron chi connectivity index (χ2n) is 8.68. The van der Waals surface area contributed by atoms with Crippen molar-refractivity contribution in [3.63, 3.8) is 0 Å². The van der Waals surface area contributed by atoms with Crippen LogP contribution in [0.5, 0.6) is 0 Å². The number of amides is 2. The molecule has 0 bridgehead atoms. The van der Waals surface area contributed by atoms with Crippen LogP contribution in [0.2, 0.25) is 0 Å². The number of nitrogens with one attached hydrogen (secondary N) is 4. The van der Waals surface area contributed by atoms with Crippen LogP contribution in [-0.4, -0.2) is 39.1 Å². The lowest BCUT2D eigenvalue weighted by molar-refractivity contribution is 0.0869. The number of benzene rings is 1. The van der Waals surface area contributed by atoms with Crippen LogP contribution in [0.4, 0.5) is 14.5 Å². The molecule has 1 aromatic heterocycles. The molecule has 0 atom stereocenters. The van der Waals surface area contributed by atoms with Gasteiger partial charge in [-0.15, -0.1) is 0 Å². The Bertz CT molecular complexity index is 909. The van der Waals surface area contributed by atoms with E-state index in [0.717, 1.165) is 25.0 Å². The van der Waals surface area contributed by atoms with Gasteiger partial charge in [-0.25, -0.2) is 8.78 Å². The Morgan fingerprint density at radius 1 is 1.10 bits per heavy atom. The number of aromatic nitrogens is 2. The minimum atomic E-state index is -1.000. The fraction of sp³-hybridized carbons (Fsp3) is 0.450. The number of carbonyl (C=O) groups excluding carboxylic acids is 2. The first kappa shape index (κ1) is 20.9. The number of nitrogens with zero attached hydrogens (tertiary/aromatic N) is 1. The summed E-state index contributed by atoms with van der Waals surface area (Å²) in [6.07, 6.45) is 2.67. The molecule has 0 spiro atoms. The van der Waals surface area contributed by atoms with E-state index >= 15 is 0 Å². The second-order valence-corrected chi connectivity index (χ2v) is 8.68. The number of halogens is 2. The first-order valence-electron chi connectivity index (χ1n) is 9.36. The van der Waals surface area contributed by atoms with E-state index < -0.39 is 29.0 Å². The molecule has 0 radical (unpaired) electrons. The summed E-state index contributed by atoms with van der Waals surface area (Å²) < 4.78 is 27.7. The lowest BCUT2D eigenvalue weighted by Crippen LogP contribution is -2.62. The van der Waals surface area contributed by atoms with Crippen molar-refractivity contribution >= 4 is 17.5 Å². The van der Waals surface area contributed by atoms with Crippen LogP contribution in [0.3, 0.4) is 0 Å². The van der Waals surface area contributed by atoms with Crippen molar-refractivity contribution in [1.29, 1.82) is 0 Å². The summed E-state index contributed by atoms with van der Waals surface area (Å²) >= 11 is 0. The molecule has 1 aliphatic heterocycles. The highest BCUT2D eigenvalue weighted by Crippen LogP contribution is 2.29. The average Bonchev–Trinajstić information content (AvgIpc) is 2.99. The Balaban J connectivity index is 0.00000320. The molecule has 1 aliphatic rings. The molecule has 7 nitrogen and oxygen atoms in total. The quantitative estimate of drug-likeness (QED) is 0.625. The number of hydrogen-bond acceptors (Lipinski definition) is 4. The van der Waals surface area contributed by atoms with E-state index in [1.54, 1.807) is 0 Å². The summed E-state index contributed by atoms with van der Waals surface area (Å²) in [6.45, 7) is 8.27. The molecule has 1 aromatic carbocycles. The maximum atomic E-state index is 13.8. The summed E-state index contributed by atoms with van der Waals surface area (Å²) in [7, 11) is 0. The summed E-state index contributed by atoms with van der Waals surface area (Å²) in [6, 6.07) is 3.05. The van der Waals surface area contributed by atoms with Crippen molar-refractivity contribution < 1.29 is 19.8 Å². The zero-order valence-electron chi connectivity index (χ0n) is 16.8. The van der Waals surface area contributed by atoms with Crippen LogP contribution in [0.25, 0.3) is 0 Å². The molecule has 0 saturated carbocycles. The number of hydrogen-bond donors (Lipinski definition) is 4. The smallest absolute Gasteiger partial charge is 0.271 e. The maximum Gasteiger partial charge on any atom is 0.271 e. The molecule has 9 heteroatoms. The van der Waals surface area contributed by atoms with Crippen LogP contribution in [0.15, 0.2) is 24.4 Å². The highest BCUT2D eigenvalue weighted by molar-refractivity contribution is 6.08. The summed E-state index contributed by atoms with van der Waals surface area (Å²) in [5.74, 6) is -3.43. The molecule has 4 N–H and O–H groups in total. The fourth-order valence-electron chi connectivity index (χ4n) is 4.14. The standard InChI is InChI=1S/C20H25F2N5O2.H2/c1-19(2)8-11(9-20(3,4)27-19)24-18(29)16-14(10-23-26-16)25-17(28)15-12(21)6-5-7-13(15)22;/h5-7,10-11,27H,8-9H2,1-4H3,(H,23,26)(H,24,29)(H,25,28);1H. The van der Waals surface area contributed by atoms with Gasteiger partial charge in [0.2, 0.25) is 0 Å². The van der Waals surface area contributed by atoms with Gasteiger partial charge in [-0.1, -0.05) is 6.07 Å². The van der Waals surface area contributed by atoms with E-state index in [-0.39, 0.29) is 29.9 Å². The summed E-state index contributed by atoms with van der Waals surface area (Å²) in [5.41, 5.74) is -0.978.